The lowest BCUT2D eigenvalue weighted by molar-refractivity contribution is -0.0147. The highest BCUT2D eigenvalue weighted by atomic mass is 15.0. The highest BCUT2D eigenvalue weighted by Crippen LogP contribution is 2.54. The van der Waals surface area contributed by atoms with Gasteiger partial charge in [0, 0.05) is 12.1 Å². The van der Waals surface area contributed by atoms with Gasteiger partial charge in [0.25, 0.3) is 0 Å². The quantitative estimate of drug-likeness (QED) is 0.782. The predicted octanol–water partition coefficient (Wildman–Crippen LogP) is 3.59. The molecule has 2 unspecified atom stereocenters. The van der Waals surface area contributed by atoms with Gasteiger partial charge in [-0.25, -0.2) is 0 Å². The lowest BCUT2D eigenvalue weighted by Crippen LogP contribution is -2.55. The van der Waals surface area contributed by atoms with Crippen molar-refractivity contribution in [3.05, 3.63) is 0 Å². The predicted molar refractivity (Wildman–Crippen MR) is 70.8 cm³/mol. The second-order valence-corrected chi connectivity index (χ2v) is 7.51. The van der Waals surface area contributed by atoms with Crippen molar-refractivity contribution in [2.45, 2.75) is 70.4 Å². The van der Waals surface area contributed by atoms with Crippen LogP contribution < -0.4 is 5.32 Å². The molecule has 5 saturated carbocycles. The molecule has 5 rings (SSSR count). The first kappa shape index (κ1) is 10.8. The zero-order valence-corrected chi connectivity index (χ0v) is 11.2. The minimum absolute atomic E-state index is 0.914. The van der Waals surface area contributed by atoms with E-state index < -0.39 is 0 Å². The molecule has 0 radical (unpaired) electrons. The summed E-state index contributed by atoms with van der Waals surface area (Å²) in [4.78, 5) is 0. The van der Waals surface area contributed by atoms with Gasteiger partial charge in [-0.15, -0.1) is 0 Å². The number of nitrogens with one attached hydrogen (secondary N) is 1. The molecule has 4 bridgehead atoms. The van der Waals surface area contributed by atoms with Gasteiger partial charge in [0.2, 0.25) is 0 Å². The van der Waals surface area contributed by atoms with E-state index in [0.717, 1.165) is 41.7 Å². The third-order valence-electron chi connectivity index (χ3n) is 6.22. The molecule has 17 heavy (non-hydrogen) atoms. The SMILES string of the molecule is CCCC1CC1NC1C2CC3CC(C2)CC1C3. The standard InChI is InChI=1S/C16H27N/c1-2-3-12-9-15(12)17-16-13-5-10-4-11(7-13)8-14(16)6-10/h10-17H,2-9H2,1H3. The van der Waals surface area contributed by atoms with Gasteiger partial charge < -0.3 is 5.32 Å². The van der Waals surface area contributed by atoms with Crippen molar-refractivity contribution < 1.29 is 0 Å². The molecule has 0 saturated heterocycles. The molecule has 96 valence electrons. The van der Waals surface area contributed by atoms with Crippen LogP contribution in [-0.2, 0) is 0 Å². The molecule has 5 aliphatic rings. The molecule has 0 heterocycles. The van der Waals surface area contributed by atoms with Crippen LogP contribution in [0.4, 0.5) is 0 Å². The summed E-state index contributed by atoms with van der Waals surface area (Å²) in [6.45, 7) is 2.33. The van der Waals surface area contributed by atoms with Crippen molar-refractivity contribution >= 4 is 0 Å². The summed E-state index contributed by atoms with van der Waals surface area (Å²) in [5.74, 6) is 5.42. The number of hydrogen-bond donors (Lipinski definition) is 1. The first-order valence-corrected chi connectivity index (χ1v) is 8.09. The van der Waals surface area contributed by atoms with E-state index >= 15 is 0 Å². The Kier molecular flexibility index (Phi) is 2.54. The zero-order chi connectivity index (χ0) is 11.4. The van der Waals surface area contributed by atoms with Crippen LogP contribution in [0, 0.1) is 29.6 Å². The van der Waals surface area contributed by atoms with Crippen LogP contribution in [0.25, 0.3) is 0 Å². The smallest absolute Gasteiger partial charge is 0.0127 e. The first-order valence-electron chi connectivity index (χ1n) is 8.09. The molecule has 5 aliphatic carbocycles. The summed E-state index contributed by atoms with van der Waals surface area (Å²) < 4.78 is 0. The lowest BCUT2D eigenvalue weighted by Gasteiger charge is -2.54. The first-order chi connectivity index (χ1) is 8.33. The summed E-state index contributed by atoms with van der Waals surface area (Å²) in [6.07, 6.45) is 12.2. The van der Waals surface area contributed by atoms with E-state index in [9.17, 15) is 0 Å². The fourth-order valence-electron chi connectivity index (χ4n) is 5.59. The Hall–Kier alpha value is -0.0400. The molecule has 0 amide bonds. The zero-order valence-electron chi connectivity index (χ0n) is 11.2. The summed E-state index contributed by atoms with van der Waals surface area (Å²) in [6, 6.07) is 1.84. The Morgan fingerprint density at radius 1 is 0.882 bits per heavy atom. The van der Waals surface area contributed by atoms with Gasteiger partial charge >= 0.3 is 0 Å². The second-order valence-electron chi connectivity index (χ2n) is 7.51. The Bertz CT molecular complexity index is 270. The van der Waals surface area contributed by atoms with Crippen LogP contribution in [0.5, 0.6) is 0 Å². The molecule has 0 aromatic heterocycles. The third-order valence-corrected chi connectivity index (χ3v) is 6.22. The third kappa shape index (κ3) is 1.85. The van der Waals surface area contributed by atoms with Crippen LogP contribution >= 0.6 is 0 Å². The van der Waals surface area contributed by atoms with Gasteiger partial charge in [-0.05, 0) is 74.5 Å². The molecule has 1 nitrogen and oxygen atoms in total. The van der Waals surface area contributed by atoms with E-state index in [-0.39, 0.29) is 0 Å². The fourth-order valence-corrected chi connectivity index (χ4v) is 5.59. The fraction of sp³-hybridized carbons (Fsp3) is 1.00. The topological polar surface area (TPSA) is 12.0 Å². The Morgan fingerprint density at radius 2 is 1.53 bits per heavy atom. The van der Waals surface area contributed by atoms with E-state index in [4.69, 9.17) is 0 Å². The van der Waals surface area contributed by atoms with E-state index in [1.807, 2.05) is 0 Å². The van der Waals surface area contributed by atoms with Crippen LogP contribution in [0.15, 0.2) is 0 Å². The van der Waals surface area contributed by atoms with Gasteiger partial charge in [0.05, 0.1) is 0 Å². The van der Waals surface area contributed by atoms with E-state index in [2.05, 4.69) is 12.2 Å². The molecule has 1 N–H and O–H groups in total. The Labute approximate surface area is 106 Å². The minimum Gasteiger partial charge on any atom is -0.310 e. The maximum Gasteiger partial charge on any atom is 0.0127 e. The maximum atomic E-state index is 4.07. The van der Waals surface area contributed by atoms with Crippen molar-refractivity contribution in [2.75, 3.05) is 0 Å². The molecule has 5 fully saturated rings. The van der Waals surface area contributed by atoms with E-state index in [1.165, 1.54) is 19.3 Å². The van der Waals surface area contributed by atoms with E-state index in [0.29, 0.717) is 0 Å². The molecular formula is C16H27N. The average Bonchev–Trinajstić information content (AvgIpc) is 3.01. The molecule has 0 aromatic rings. The molecule has 0 aliphatic heterocycles. The van der Waals surface area contributed by atoms with Crippen LogP contribution in [-0.4, -0.2) is 12.1 Å². The van der Waals surface area contributed by atoms with Crippen molar-refractivity contribution in [3.63, 3.8) is 0 Å². The largest absolute Gasteiger partial charge is 0.310 e. The maximum absolute atomic E-state index is 4.07. The van der Waals surface area contributed by atoms with Gasteiger partial charge in [0.1, 0.15) is 0 Å². The van der Waals surface area contributed by atoms with Gasteiger partial charge in [-0.3, -0.25) is 0 Å². The molecule has 0 aromatic carbocycles. The van der Waals surface area contributed by atoms with Crippen molar-refractivity contribution in [3.8, 4) is 0 Å². The minimum atomic E-state index is 0.914. The molecular weight excluding hydrogens is 206 g/mol. The molecule has 2 atom stereocenters. The molecule has 0 spiro atoms. The van der Waals surface area contributed by atoms with Gasteiger partial charge in [-0.2, -0.15) is 0 Å². The monoisotopic (exact) mass is 233 g/mol. The normalized spacial score (nSPS) is 55.2. The van der Waals surface area contributed by atoms with Crippen molar-refractivity contribution in [1.29, 1.82) is 0 Å². The Balaban J connectivity index is 1.39. The highest BCUT2D eigenvalue weighted by molar-refractivity contribution is 5.05. The van der Waals surface area contributed by atoms with E-state index in [1.54, 1.807) is 32.1 Å². The second kappa shape index (κ2) is 3.98. The van der Waals surface area contributed by atoms with Crippen LogP contribution in [0.3, 0.4) is 0 Å². The molecule has 1 heteroatoms. The van der Waals surface area contributed by atoms with Crippen molar-refractivity contribution in [1.82, 2.24) is 5.32 Å². The van der Waals surface area contributed by atoms with Crippen LogP contribution in [0.1, 0.15) is 58.3 Å². The summed E-state index contributed by atoms with van der Waals surface area (Å²) in [5.41, 5.74) is 0. The average molecular weight is 233 g/mol. The lowest BCUT2D eigenvalue weighted by atomic mass is 9.54. The Morgan fingerprint density at radius 3 is 2.12 bits per heavy atom. The number of rotatable bonds is 4. The van der Waals surface area contributed by atoms with Gasteiger partial charge in [-0.1, -0.05) is 13.3 Å². The summed E-state index contributed by atoms with van der Waals surface area (Å²) in [5, 5.41) is 4.07. The van der Waals surface area contributed by atoms with Crippen LogP contribution in [0.2, 0.25) is 0 Å². The number of hydrogen-bond acceptors (Lipinski definition) is 1. The van der Waals surface area contributed by atoms with Crippen molar-refractivity contribution in [2.24, 2.45) is 29.6 Å². The summed E-state index contributed by atoms with van der Waals surface area (Å²) >= 11 is 0. The van der Waals surface area contributed by atoms with Gasteiger partial charge in [0.15, 0.2) is 0 Å². The highest BCUT2D eigenvalue weighted by Gasteiger charge is 2.50. The summed E-state index contributed by atoms with van der Waals surface area (Å²) in [7, 11) is 0.